The van der Waals surface area contributed by atoms with Crippen LogP contribution in [0.4, 0.5) is 0 Å². The van der Waals surface area contributed by atoms with Crippen molar-refractivity contribution in [1.82, 2.24) is 0 Å². The van der Waals surface area contributed by atoms with E-state index < -0.39 is 27.4 Å². The topological polar surface area (TPSA) is 0 Å². The first-order valence-electron chi connectivity index (χ1n) is 8.15. The number of halogens is 2. The molecule has 0 aliphatic carbocycles. The molecule has 0 saturated carbocycles. The summed E-state index contributed by atoms with van der Waals surface area (Å²) in [5.74, 6) is 0. The zero-order chi connectivity index (χ0) is 17.4. The van der Waals surface area contributed by atoms with Crippen LogP contribution in [0.3, 0.4) is 0 Å². The molecule has 1 fully saturated rings. The second kappa shape index (κ2) is 10.2. The fourth-order valence-electron chi connectivity index (χ4n) is 3.07. The molecular weight excluding hydrogens is 564 g/mol. The number of rotatable bonds is 6. The normalized spacial score (nSPS) is 25.7. The first-order chi connectivity index (χ1) is 9.79. The van der Waals surface area contributed by atoms with Crippen molar-refractivity contribution < 1.29 is 65.6 Å². The molecule has 2 unspecified atom stereocenters. The Morgan fingerprint density at radius 1 is 0.909 bits per heavy atom. The predicted octanol–water partition coefficient (Wildman–Crippen LogP) is 7.17. The van der Waals surface area contributed by atoms with Crippen molar-refractivity contribution in [3.05, 3.63) is 0 Å². The van der Waals surface area contributed by atoms with Crippen molar-refractivity contribution in [3.8, 4) is 0 Å². The van der Waals surface area contributed by atoms with Gasteiger partial charge in [0.25, 0.3) is 0 Å². The Labute approximate surface area is 168 Å². The summed E-state index contributed by atoms with van der Waals surface area (Å²) < 4.78 is 2.06. The van der Waals surface area contributed by atoms with Gasteiger partial charge in [-0.05, 0) is 0 Å². The minimum absolute atomic E-state index is 0.0707. The summed E-state index contributed by atoms with van der Waals surface area (Å²) in [7, 11) is 12.9. The van der Waals surface area contributed by atoms with E-state index in [4.69, 9.17) is 18.6 Å². The SMILES string of the molecule is CC(C)[PH][Ti]1[Ti][Ti]([CH](C)C)([CH](C)C)[Ti][Ti]([Cl])([Cl])([PH]C(C)C)[Ti]1. The van der Waals surface area contributed by atoms with Crippen LogP contribution in [-0.4, -0.2) is 11.3 Å². The average molecular weight is 594 g/mol. The molecule has 0 nitrogen and oxygen atoms in total. The number of hydrogen-bond acceptors (Lipinski definition) is 0. The van der Waals surface area contributed by atoms with Crippen molar-refractivity contribution in [2.24, 2.45) is 0 Å². The maximum absolute atomic E-state index is 7.67. The summed E-state index contributed by atoms with van der Waals surface area (Å²) >= 11 is 0.681. The molecule has 126 valence electrons. The zero-order valence-electron chi connectivity index (χ0n) is 15.1. The molecule has 1 rings (SSSR count). The molecule has 0 amide bonds. The molecule has 0 aromatic heterocycles. The Bertz CT molecular complexity index is 384. The molecule has 0 radical (unpaired) electrons. The van der Waals surface area contributed by atoms with Crippen LogP contribution < -0.4 is 0 Å². The van der Waals surface area contributed by atoms with E-state index in [0.29, 0.717) is 12.7 Å². The molecule has 2 atom stereocenters. The van der Waals surface area contributed by atoms with E-state index in [2.05, 4.69) is 55.4 Å². The average Bonchev–Trinajstić information content (AvgIpc) is 2.22. The van der Waals surface area contributed by atoms with Crippen LogP contribution in [0.5, 0.6) is 0 Å². The fourth-order valence-corrected chi connectivity index (χ4v) is 669. The Morgan fingerprint density at radius 2 is 1.41 bits per heavy atom. The molecule has 1 aliphatic heterocycles. The molecular formula is C12H30Cl2P2Ti6. The Hall–Kier alpha value is 5.73. The first-order valence-corrected chi connectivity index (χ1v) is 45.1. The van der Waals surface area contributed by atoms with Gasteiger partial charge in [-0.3, -0.25) is 0 Å². The standard InChI is InChI=1S/2C3H8P.2C3H7.2ClH.6Ti/c2*1-3(2)4;2*1-3-2;;;;;;;;/h2*3-4H,1-2H3;2*3H,1-2H3;2*1H;;;;;;/q2*-1;;;;;;;;;+1;+3/p-2. The van der Waals surface area contributed by atoms with Gasteiger partial charge in [0.1, 0.15) is 0 Å². The van der Waals surface area contributed by atoms with Crippen LogP contribution in [0.15, 0.2) is 0 Å². The van der Waals surface area contributed by atoms with E-state index in [-0.39, 0.29) is 25.5 Å². The summed E-state index contributed by atoms with van der Waals surface area (Å²) in [5, 5.41) is 0. The van der Waals surface area contributed by atoms with Gasteiger partial charge in [-0.2, -0.15) is 0 Å². The third-order valence-electron chi connectivity index (χ3n) is 3.90. The van der Waals surface area contributed by atoms with Crippen LogP contribution in [0.2, 0.25) is 8.45 Å². The quantitative estimate of drug-likeness (QED) is 0.226. The second-order valence-corrected chi connectivity index (χ2v) is 132. The fraction of sp³-hybridized carbons (Fsp3) is 1.00. The summed E-state index contributed by atoms with van der Waals surface area (Å²) in [6.07, 6.45) is -2.95. The third-order valence-corrected chi connectivity index (χ3v) is 269. The molecule has 1 saturated heterocycles. The Kier molecular flexibility index (Phi) is 11.9. The zero-order valence-corrected chi connectivity index (χ0v) is 27.9. The molecule has 0 aromatic carbocycles. The van der Waals surface area contributed by atoms with E-state index in [9.17, 15) is 0 Å². The van der Waals surface area contributed by atoms with Crippen LogP contribution in [0.1, 0.15) is 55.4 Å². The van der Waals surface area contributed by atoms with Gasteiger partial charge in [-0.15, -0.1) is 0 Å². The van der Waals surface area contributed by atoms with Crippen molar-refractivity contribution in [3.63, 3.8) is 0 Å². The van der Waals surface area contributed by atoms with Gasteiger partial charge in [-0.1, -0.05) is 0 Å². The maximum atomic E-state index is 7.67. The summed E-state index contributed by atoms with van der Waals surface area (Å²) in [4.78, 5) is 0. The monoisotopic (exact) mass is 594 g/mol. The predicted molar refractivity (Wildman–Crippen MR) is 88.8 cm³/mol. The van der Waals surface area contributed by atoms with Crippen molar-refractivity contribution in [1.29, 1.82) is 0 Å². The van der Waals surface area contributed by atoms with E-state index in [1.165, 1.54) is 6.57 Å². The molecule has 1 aliphatic rings. The van der Waals surface area contributed by atoms with E-state index >= 15 is 0 Å². The van der Waals surface area contributed by atoms with Gasteiger partial charge in [-0.25, -0.2) is 0 Å². The molecule has 1 heterocycles. The Balaban J connectivity index is 3.25. The van der Waals surface area contributed by atoms with Gasteiger partial charge in [0.15, 0.2) is 0 Å². The van der Waals surface area contributed by atoms with Crippen LogP contribution >= 0.6 is 31.8 Å². The molecule has 0 bridgehead atoms. The minimum atomic E-state index is -2.95. The van der Waals surface area contributed by atoms with Gasteiger partial charge < -0.3 is 0 Å². The second-order valence-electron chi connectivity index (χ2n) is 7.54. The van der Waals surface area contributed by atoms with Gasteiger partial charge in [0, 0.05) is 0 Å². The number of hydrogen-bond donors (Lipinski definition) is 0. The van der Waals surface area contributed by atoms with Crippen LogP contribution in [0.25, 0.3) is 0 Å². The van der Waals surface area contributed by atoms with Gasteiger partial charge >= 0.3 is 173 Å². The molecule has 0 N–H and O–H groups in total. The van der Waals surface area contributed by atoms with Crippen LogP contribution in [0, 0.1) is 0 Å². The molecule has 0 aromatic rings. The van der Waals surface area contributed by atoms with Gasteiger partial charge in [0.05, 0.1) is 0 Å². The summed E-state index contributed by atoms with van der Waals surface area (Å²) in [6, 6.07) is 0. The van der Waals surface area contributed by atoms with E-state index in [0.717, 1.165) is 26.3 Å². The first kappa shape index (κ1) is 25.8. The van der Waals surface area contributed by atoms with Crippen molar-refractivity contribution in [2.45, 2.75) is 75.2 Å². The molecule has 22 heavy (non-hydrogen) atoms. The third kappa shape index (κ3) is 7.52. The van der Waals surface area contributed by atoms with Crippen LogP contribution in [-0.2, 0) is 65.6 Å². The van der Waals surface area contributed by atoms with E-state index in [1.54, 1.807) is 0 Å². The molecule has 10 heteroatoms. The van der Waals surface area contributed by atoms with Crippen molar-refractivity contribution >= 4 is 31.8 Å². The van der Waals surface area contributed by atoms with Gasteiger partial charge in [0.2, 0.25) is 0 Å². The summed E-state index contributed by atoms with van der Waals surface area (Å²) in [6.45, 7) is 22.5. The summed E-state index contributed by atoms with van der Waals surface area (Å²) in [5.41, 5.74) is 1.73. The van der Waals surface area contributed by atoms with Crippen molar-refractivity contribution in [2.75, 3.05) is 0 Å². The Morgan fingerprint density at radius 3 is 1.77 bits per heavy atom. The van der Waals surface area contributed by atoms with E-state index in [1.807, 2.05) is 0 Å². The molecule has 0 spiro atoms.